The second-order valence-corrected chi connectivity index (χ2v) is 4.91. The first-order chi connectivity index (χ1) is 9.82. The molecular weight excluding hydrogens is 328 g/mol. The molecular formula is C14H9Cl2F3O2. The molecule has 0 aliphatic heterocycles. The molecule has 1 N–H and O–H groups in total. The standard InChI is InChI=1S/C14H9Cl2F3O2/c15-11-2-1-3-12(13(11)16)21-9-5-4-8(7-20)10(6-9)14(17,18)19/h1-6,20H,7H2. The Morgan fingerprint density at radius 3 is 2.43 bits per heavy atom. The lowest BCUT2D eigenvalue weighted by atomic mass is 10.1. The van der Waals surface area contributed by atoms with Gasteiger partial charge in [0.1, 0.15) is 16.5 Å². The number of hydrogen-bond acceptors (Lipinski definition) is 2. The van der Waals surface area contributed by atoms with Gasteiger partial charge in [-0.25, -0.2) is 0 Å². The van der Waals surface area contributed by atoms with Crippen LogP contribution in [0.4, 0.5) is 13.2 Å². The van der Waals surface area contributed by atoms with E-state index in [0.717, 1.165) is 12.1 Å². The summed E-state index contributed by atoms with van der Waals surface area (Å²) >= 11 is 11.7. The molecule has 0 saturated heterocycles. The van der Waals surface area contributed by atoms with Crippen LogP contribution in [0.1, 0.15) is 11.1 Å². The van der Waals surface area contributed by atoms with E-state index in [2.05, 4.69) is 0 Å². The predicted molar refractivity (Wildman–Crippen MR) is 73.9 cm³/mol. The summed E-state index contributed by atoms with van der Waals surface area (Å²) in [6, 6.07) is 7.86. The molecule has 0 spiro atoms. The lowest BCUT2D eigenvalue weighted by molar-refractivity contribution is -0.138. The Morgan fingerprint density at radius 1 is 1.10 bits per heavy atom. The molecule has 0 aromatic heterocycles. The summed E-state index contributed by atoms with van der Waals surface area (Å²) in [6.45, 7) is -0.715. The normalized spacial score (nSPS) is 11.5. The Hall–Kier alpha value is -1.43. The Balaban J connectivity index is 2.40. The van der Waals surface area contributed by atoms with Gasteiger partial charge in [-0.05, 0) is 29.8 Å². The summed E-state index contributed by atoms with van der Waals surface area (Å²) in [5.74, 6) is 0.0951. The second kappa shape index (κ2) is 6.13. The molecule has 0 aliphatic rings. The maximum atomic E-state index is 12.9. The number of hydrogen-bond donors (Lipinski definition) is 1. The van der Waals surface area contributed by atoms with Gasteiger partial charge in [-0.2, -0.15) is 13.2 Å². The Morgan fingerprint density at radius 2 is 1.81 bits per heavy atom. The van der Waals surface area contributed by atoms with Crippen LogP contribution in [0.15, 0.2) is 36.4 Å². The molecule has 0 aliphatic carbocycles. The van der Waals surface area contributed by atoms with Crippen molar-refractivity contribution < 1.29 is 23.0 Å². The van der Waals surface area contributed by atoms with Crippen LogP contribution in [-0.2, 0) is 12.8 Å². The van der Waals surface area contributed by atoms with E-state index in [1.807, 2.05) is 0 Å². The number of aliphatic hydroxyl groups is 1. The van der Waals surface area contributed by atoms with Gasteiger partial charge in [0.15, 0.2) is 0 Å². The minimum Gasteiger partial charge on any atom is -0.456 e. The van der Waals surface area contributed by atoms with Gasteiger partial charge in [0.2, 0.25) is 0 Å². The van der Waals surface area contributed by atoms with Crippen LogP contribution in [0.3, 0.4) is 0 Å². The molecule has 0 unspecified atom stereocenters. The van der Waals surface area contributed by atoms with Crippen LogP contribution in [0.5, 0.6) is 11.5 Å². The highest BCUT2D eigenvalue weighted by Gasteiger charge is 2.33. The summed E-state index contributed by atoms with van der Waals surface area (Å²) in [5, 5.41) is 9.31. The van der Waals surface area contributed by atoms with Gasteiger partial charge < -0.3 is 9.84 Å². The number of aliphatic hydroxyl groups excluding tert-OH is 1. The monoisotopic (exact) mass is 336 g/mol. The van der Waals surface area contributed by atoms with Crippen molar-refractivity contribution in [3.8, 4) is 11.5 Å². The molecule has 2 aromatic rings. The highest BCUT2D eigenvalue weighted by atomic mass is 35.5. The van der Waals surface area contributed by atoms with Gasteiger partial charge >= 0.3 is 6.18 Å². The maximum absolute atomic E-state index is 12.9. The number of ether oxygens (including phenoxy) is 1. The third kappa shape index (κ3) is 3.61. The quantitative estimate of drug-likeness (QED) is 0.824. The first-order valence-corrected chi connectivity index (χ1v) is 6.51. The number of rotatable bonds is 3. The van der Waals surface area contributed by atoms with E-state index in [9.17, 15) is 13.2 Å². The molecule has 21 heavy (non-hydrogen) atoms. The molecule has 0 heterocycles. The fraction of sp³-hybridized carbons (Fsp3) is 0.143. The molecule has 0 amide bonds. The molecule has 7 heteroatoms. The zero-order valence-electron chi connectivity index (χ0n) is 10.4. The van der Waals surface area contributed by atoms with E-state index in [1.54, 1.807) is 6.07 Å². The van der Waals surface area contributed by atoms with E-state index >= 15 is 0 Å². The maximum Gasteiger partial charge on any atom is 0.416 e. The van der Waals surface area contributed by atoms with Crippen molar-refractivity contribution in [2.75, 3.05) is 0 Å². The summed E-state index contributed by atoms with van der Waals surface area (Å²) < 4.78 is 44.0. The van der Waals surface area contributed by atoms with Gasteiger partial charge in [-0.15, -0.1) is 0 Å². The predicted octanol–water partition coefficient (Wildman–Crippen LogP) is 5.30. The minimum absolute atomic E-state index is 0.0521. The lowest BCUT2D eigenvalue weighted by Crippen LogP contribution is -2.09. The van der Waals surface area contributed by atoms with Gasteiger partial charge in [0.25, 0.3) is 0 Å². The molecule has 2 rings (SSSR count). The lowest BCUT2D eigenvalue weighted by Gasteiger charge is -2.14. The molecule has 0 bridgehead atoms. The molecule has 0 radical (unpaired) electrons. The van der Waals surface area contributed by atoms with E-state index in [-0.39, 0.29) is 27.1 Å². The molecule has 2 nitrogen and oxygen atoms in total. The summed E-state index contributed by atoms with van der Waals surface area (Å²) in [5.41, 5.74) is -1.19. The summed E-state index contributed by atoms with van der Waals surface area (Å²) in [6.07, 6.45) is -4.59. The third-order valence-electron chi connectivity index (χ3n) is 2.70. The first-order valence-electron chi connectivity index (χ1n) is 5.75. The van der Waals surface area contributed by atoms with Crippen LogP contribution in [0.25, 0.3) is 0 Å². The number of halogens is 5. The zero-order chi connectivity index (χ0) is 15.6. The fourth-order valence-corrected chi connectivity index (χ4v) is 2.04. The van der Waals surface area contributed by atoms with Crippen molar-refractivity contribution in [1.29, 1.82) is 0 Å². The van der Waals surface area contributed by atoms with Crippen molar-refractivity contribution in [2.24, 2.45) is 0 Å². The third-order valence-corrected chi connectivity index (χ3v) is 3.50. The molecule has 0 atom stereocenters. The average Bonchev–Trinajstić information content (AvgIpc) is 2.43. The van der Waals surface area contributed by atoms with Gasteiger partial charge in [0.05, 0.1) is 17.2 Å². The Bertz CT molecular complexity index is 657. The van der Waals surface area contributed by atoms with Gasteiger partial charge in [-0.1, -0.05) is 35.3 Å². The van der Waals surface area contributed by atoms with E-state index in [4.69, 9.17) is 33.0 Å². The molecule has 0 fully saturated rings. The zero-order valence-corrected chi connectivity index (χ0v) is 11.9. The second-order valence-electron chi connectivity index (χ2n) is 4.13. The van der Waals surface area contributed by atoms with Gasteiger partial charge in [-0.3, -0.25) is 0 Å². The minimum atomic E-state index is -4.59. The Labute approximate surface area is 128 Å². The van der Waals surface area contributed by atoms with Crippen LogP contribution in [0.2, 0.25) is 10.0 Å². The van der Waals surface area contributed by atoms with Crippen molar-refractivity contribution in [3.63, 3.8) is 0 Å². The van der Waals surface area contributed by atoms with Crippen molar-refractivity contribution >= 4 is 23.2 Å². The topological polar surface area (TPSA) is 29.5 Å². The highest BCUT2D eigenvalue weighted by molar-refractivity contribution is 6.42. The number of benzene rings is 2. The van der Waals surface area contributed by atoms with Crippen LogP contribution >= 0.6 is 23.2 Å². The van der Waals surface area contributed by atoms with E-state index in [1.165, 1.54) is 18.2 Å². The van der Waals surface area contributed by atoms with Gasteiger partial charge in [0, 0.05) is 0 Å². The molecule has 112 valence electrons. The molecule has 2 aromatic carbocycles. The summed E-state index contributed by atoms with van der Waals surface area (Å²) in [4.78, 5) is 0. The SMILES string of the molecule is OCc1ccc(Oc2cccc(Cl)c2Cl)cc1C(F)(F)F. The fourth-order valence-electron chi connectivity index (χ4n) is 1.71. The van der Waals surface area contributed by atoms with Crippen molar-refractivity contribution in [2.45, 2.75) is 12.8 Å². The van der Waals surface area contributed by atoms with E-state index in [0.29, 0.717) is 0 Å². The number of alkyl halides is 3. The average molecular weight is 337 g/mol. The smallest absolute Gasteiger partial charge is 0.416 e. The van der Waals surface area contributed by atoms with Crippen LogP contribution in [0, 0.1) is 0 Å². The van der Waals surface area contributed by atoms with Crippen molar-refractivity contribution in [1.82, 2.24) is 0 Å². The Kier molecular flexibility index (Phi) is 4.66. The summed E-state index contributed by atoms with van der Waals surface area (Å²) in [7, 11) is 0. The van der Waals surface area contributed by atoms with Crippen LogP contribution in [-0.4, -0.2) is 5.11 Å². The van der Waals surface area contributed by atoms with E-state index < -0.39 is 18.3 Å². The van der Waals surface area contributed by atoms with Crippen LogP contribution < -0.4 is 4.74 Å². The first kappa shape index (κ1) is 15.9. The largest absolute Gasteiger partial charge is 0.456 e. The highest BCUT2D eigenvalue weighted by Crippen LogP contribution is 2.38. The molecule has 0 saturated carbocycles. The van der Waals surface area contributed by atoms with Crippen molar-refractivity contribution in [3.05, 3.63) is 57.6 Å².